The fourth-order valence-corrected chi connectivity index (χ4v) is 3.97. The van der Waals surface area contributed by atoms with Crippen LogP contribution in [-0.2, 0) is 0 Å². The van der Waals surface area contributed by atoms with Gasteiger partial charge < -0.3 is 0 Å². The first kappa shape index (κ1) is 20.7. The number of hydrogen-bond donors (Lipinski definition) is 1. The molecule has 0 radical (unpaired) electrons. The van der Waals surface area contributed by atoms with Gasteiger partial charge in [0.05, 0.1) is 23.7 Å². The van der Waals surface area contributed by atoms with Gasteiger partial charge in [0.1, 0.15) is 6.20 Å². The summed E-state index contributed by atoms with van der Waals surface area (Å²) >= 11 is 5.07. The van der Waals surface area contributed by atoms with Crippen LogP contribution < -0.4 is 10.6 Å². The van der Waals surface area contributed by atoms with Gasteiger partial charge in [-0.25, -0.2) is 0 Å². The van der Waals surface area contributed by atoms with Crippen molar-refractivity contribution in [2.75, 3.05) is 5.01 Å². The second-order valence-corrected chi connectivity index (χ2v) is 7.94. The highest BCUT2D eigenvalue weighted by Crippen LogP contribution is 2.36. The van der Waals surface area contributed by atoms with E-state index < -0.39 is 5.56 Å². The van der Waals surface area contributed by atoms with Gasteiger partial charge in [0, 0.05) is 6.42 Å². The minimum absolute atomic E-state index is 0.106. The predicted octanol–water partition coefficient (Wildman–Crippen LogP) is 4.54. The molecular weight excluding hydrogens is 432 g/mol. The molecule has 0 amide bonds. The first-order chi connectivity index (χ1) is 16.2. The molecule has 0 spiro atoms. The summed E-state index contributed by atoms with van der Waals surface area (Å²) in [4.78, 5) is 11.9. The van der Waals surface area contributed by atoms with Crippen molar-refractivity contribution in [3.8, 4) is 0 Å². The summed E-state index contributed by atoms with van der Waals surface area (Å²) in [5.74, 6) is 0. The molecule has 7 nitrogen and oxygen atoms in total. The maximum absolute atomic E-state index is 11.9. The molecule has 4 aromatic rings. The van der Waals surface area contributed by atoms with E-state index in [2.05, 4.69) is 56.7 Å². The first-order valence-electron chi connectivity index (χ1n) is 10.5. The molecule has 8 heteroatoms. The lowest BCUT2D eigenvalue weighted by Crippen LogP contribution is -2.18. The van der Waals surface area contributed by atoms with Crippen molar-refractivity contribution in [1.29, 1.82) is 0 Å². The summed E-state index contributed by atoms with van der Waals surface area (Å²) in [7, 11) is 0. The Balaban J connectivity index is 1.45. The molecule has 1 aliphatic heterocycles. The Labute approximate surface area is 195 Å². The maximum atomic E-state index is 11.9. The van der Waals surface area contributed by atoms with E-state index in [9.17, 15) is 4.79 Å². The quantitative estimate of drug-likeness (QED) is 0.356. The van der Waals surface area contributed by atoms with E-state index in [-0.39, 0.29) is 10.8 Å². The molecule has 0 saturated carbocycles. The van der Waals surface area contributed by atoms with Gasteiger partial charge >= 0.3 is 0 Å². The number of aromatic amines is 1. The third-order valence-electron chi connectivity index (χ3n) is 5.42. The fraction of sp³-hybridized carbons (Fsp3) is 0.0800. The van der Waals surface area contributed by atoms with Crippen LogP contribution >= 0.6 is 12.2 Å². The van der Waals surface area contributed by atoms with E-state index in [1.807, 2.05) is 48.5 Å². The van der Waals surface area contributed by atoms with Crippen LogP contribution in [0.3, 0.4) is 0 Å². The van der Waals surface area contributed by atoms with Crippen molar-refractivity contribution in [2.24, 2.45) is 10.2 Å². The Bertz CT molecular complexity index is 1400. The lowest BCUT2D eigenvalue weighted by atomic mass is 9.98. The fourth-order valence-electron chi connectivity index (χ4n) is 3.78. The molecule has 1 N–H and O–H groups in total. The molecular formula is C25H20N6OS. The van der Waals surface area contributed by atoms with E-state index in [0.717, 1.165) is 39.8 Å². The van der Waals surface area contributed by atoms with E-state index >= 15 is 0 Å². The standard InChI is InChI=1S/C25H20N6OS/c32-24-17-26-28-25(33)31(24)27-16-18-11-13-21(14-12-18)30-23(20-9-5-2-6-10-20)15-22(29-30)19-7-3-1-4-8-19/h1-14,16-17,23H,15H2,(H,28,33)/t23-/m0/s1. The van der Waals surface area contributed by atoms with Crippen LogP contribution in [0.25, 0.3) is 0 Å². The highest BCUT2D eigenvalue weighted by molar-refractivity contribution is 7.71. The lowest BCUT2D eigenvalue weighted by molar-refractivity contribution is 0.709. The van der Waals surface area contributed by atoms with Gasteiger partial charge in [-0.1, -0.05) is 72.8 Å². The molecule has 5 rings (SSSR count). The Morgan fingerprint density at radius 1 is 0.970 bits per heavy atom. The zero-order valence-electron chi connectivity index (χ0n) is 17.6. The summed E-state index contributed by atoms with van der Waals surface area (Å²) in [5, 5.41) is 17.4. The minimum atomic E-state index is -0.392. The van der Waals surface area contributed by atoms with Crippen LogP contribution in [0.4, 0.5) is 5.69 Å². The molecule has 162 valence electrons. The largest absolute Gasteiger partial charge is 0.293 e. The number of H-pyrrole nitrogens is 1. The van der Waals surface area contributed by atoms with Crippen LogP contribution in [-0.4, -0.2) is 26.8 Å². The molecule has 0 saturated heterocycles. The topological polar surface area (TPSA) is 78.6 Å². The molecule has 0 unspecified atom stereocenters. The van der Waals surface area contributed by atoms with E-state index in [1.54, 1.807) is 6.21 Å². The monoisotopic (exact) mass is 452 g/mol. The zero-order valence-corrected chi connectivity index (χ0v) is 18.4. The van der Waals surface area contributed by atoms with Crippen molar-refractivity contribution in [3.05, 3.63) is 123 Å². The Morgan fingerprint density at radius 3 is 2.36 bits per heavy atom. The van der Waals surface area contributed by atoms with Gasteiger partial charge in [0.25, 0.3) is 5.56 Å². The van der Waals surface area contributed by atoms with Crippen LogP contribution in [0.2, 0.25) is 0 Å². The van der Waals surface area contributed by atoms with Gasteiger partial charge in [-0.2, -0.15) is 20.0 Å². The molecule has 0 fully saturated rings. The van der Waals surface area contributed by atoms with E-state index in [4.69, 9.17) is 17.3 Å². The molecule has 1 aromatic heterocycles. The van der Waals surface area contributed by atoms with Crippen molar-refractivity contribution in [2.45, 2.75) is 12.5 Å². The Kier molecular flexibility index (Phi) is 5.73. The molecule has 3 aromatic carbocycles. The number of hydrogen-bond acceptors (Lipinski definition) is 6. The summed E-state index contributed by atoms with van der Waals surface area (Å²) in [6.07, 6.45) is 3.54. The Morgan fingerprint density at radius 2 is 1.67 bits per heavy atom. The van der Waals surface area contributed by atoms with Crippen molar-refractivity contribution in [3.63, 3.8) is 0 Å². The zero-order chi connectivity index (χ0) is 22.6. The van der Waals surface area contributed by atoms with Crippen LogP contribution in [0.15, 0.2) is 106 Å². The lowest BCUT2D eigenvalue weighted by Gasteiger charge is -2.24. The number of benzene rings is 3. The van der Waals surface area contributed by atoms with Gasteiger partial charge in [0.2, 0.25) is 4.77 Å². The molecule has 1 atom stereocenters. The van der Waals surface area contributed by atoms with Crippen molar-refractivity contribution >= 4 is 29.8 Å². The third-order valence-corrected chi connectivity index (χ3v) is 5.68. The molecule has 0 bridgehead atoms. The average Bonchev–Trinajstić information content (AvgIpc) is 3.31. The summed E-state index contributed by atoms with van der Waals surface area (Å²) < 4.78 is 1.24. The summed E-state index contributed by atoms with van der Waals surface area (Å²) in [6, 6.07) is 28.7. The smallest absolute Gasteiger partial charge is 0.265 e. The van der Waals surface area contributed by atoms with E-state index in [0.29, 0.717) is 0 Å². The predicted molar refractivity (Wildman–Crippen MR) is 132 cm³/mol. The molecule has 33 heavy (non-hydrogen) atoms. The molecule has 0 aliphatic carbocycles. The number of aromatic nitrogens is 3. The number of nitrogens with one attached hydrogen (secondary N) is 1. The van der Waals surface area contributed by atoms with Crippen molar-refractivity contribution < 1.29 is 0 Å². The van der Waals surface area contributed by atoms with Crippen LogP contribution in [0.5, 0.6) is 0 Å². The van der Waals surface area contributed by atoms with E-state index in [1.165, 1.54) is 5.56 Å². The highest BCUT2D eigenvalue weighted by atomic mass is 32.1. The number of rotatable bonds is 5. The number of nitrogens with zero attached hydrogens (tertiary/aromatic N) is 5. The van der Waals surface area contributed by atoms with Crippen LogP contribution in [0, 0.1) is 4.77 Å². The third kappa shape index (κ3) is 4.42. The van der Waals surface area contributed by atoms with Gasteiger partial charge in [-0.3, -0.25) is 14.9 Å². The van der Waals surface area contributed by atoms with Crippen molar-refractivity contribution in [1.82, 2.24) is 14.9 Å². The average molecular weight is 453 g/mol. The van der Waals surface area contributed by atoms with Gasteiger partial charge in [0.15, 0.2) is 0 Å². The number of anilines is 1. The first-order valence-corrected chi connectivity index (χ1v) is 10.9. The SMILES string of the molecule is O=c1cn[nH]c(=S)n1N=Cc1ccc(N2N=C(c3ccccc3)C[C@H]2c2ccccc2)cc1. The normalized spacial score (nSPS) is 15.7. The number of hydrazone groups is 1. The second kappa shape index (κ2) is 9.13. The summed E-state index contributed by atoms with van der Waals surface area (Å²) in [5.41, 5.74) is 4.82. The summed E-state index contributed by atoms with van der Waals surface area (Å²) in [6.45, 7) is 0. The maximum Gasteiger partial charge on any atom is 0.293 e. The Hall–Kier alpha value is -4.17. The molecule has 1 aliphatic rings. The second-order valence-electron chi connectivity index (χ2n) is 7.55. The van der Waals surface area contributed by atoms with Crippen LogP contribution in [0.1, 0.15) is 29.2 Å². The minimum Gasteiger partial charge on any atom is -0.265 e. The van der Waals surface area contributed by atoms with Gasteiger partial charge in [-0.15, -0.1) is 0 Å². The van der Waals surface area contributed by atoms with Gasteiger partial charge in [-0.05, 0) is 41.0 Å². The highest BCUT2D eigenvalue weighted by Gasteiger charge is 2.29. The molecule has 2 heterocycles.